The van der Waals surface area contributed by atoms with Crippen LogP contribution < -0.4 is 4.90 Å². The largest absolute Gasteiger partial charge is 0.343 e. The van der Waals surface area contributed by atoms with E-state index in [-0.39, 0.29) is 5.91 Å². The Kier molecular flexibility index (Phi) is 2.45. The van der Waals surface area contributed by atoms with E-state index in [4.69, 9.17) is 0 Å². The van der Waals surface area contributed by atoms with E-state index in [9.17, 15) is 4.79 Å². The molecule has 1 aliphatic heterocycles. The first-order chi connectivity index (χ1) is 10.2. The smallest absolute Gasteiger partial charge is 0.231 e. The molecule has 0 fully saturated rings. The molecule has 0 N–H and O–H groups in total. The first-order valence-electron chi connectivity index (χ1n) is 7.10. The van der Waals surface area contributed by atoms with E-state index in [1.807, 2.05) is 37.4 Å². The lowest BCUT2D eigenvalue weighted by molar-refractivity contribution is -0.117. The molecule has 21 heavy (non-hydrogen) atoms. The zero-order valence-corrected chi connectivity index (χ0v) is 12.1. The molecule has 4 rings (SSSR count). The normalized spacial score (nSPS) is 14.0. The van der Waals surface area contributed by atoms with Gasteiger partial charge >= 0.3 is 0 Å². The van der Waals surface area contributed by atoms with E-state index in [0.717, 1.165) is 22.5 Å². The van der Waals surface area contributed by atoms with Crippen molar-refractivity contribution in [2.24, 2.45) is 7.05 Å². The number of anilines is 1. The second-order valence-electron chi connectivity index (χ2n) is 5.55. The predicted octanol–water partition coefficient (Wildman–Crippen LogP) is 3.36. The summed E-state index contributed by atoms with van der Waals surface area (Å²) in [5, 5.41) is 1.17. The second kappa shape index (κ2) is 4.22. The van der Waals surface area contributed by atoms with Crippen molar-refractivity contribution in [3.63, 3.8) is 0 Å². The Balaban J connectivity index is 2.17. The van der Waals surface area contributed by atoms with Crippen LogP contribution >= 0.6 is 0 Å². The molecule has 0 saturated carbocycles. The van der Waals surface area contributed by atoms with Gasteiger partial charge in [0.1, 0.15) is 0 Å². The SMILES string of the molecule is CN1C(=O)Cc2c(n(C)c3ccccc23)-c2ccccc21. The van der Waals surface area contributed by atoms with Crippen LogP contribution in [-0.4, -0.2) is 17.5 Å². The number of para-hydroxylation sites is 2. The fourth-order valence-electron chi connectivity index (χ4n) is 3.36. The van der Waals surface area contributed by atoms with Crippen LogP contribution in [0, 0.1) is 0 Å². The topological polar surface area (TPSA) is 25.2 Å². The zero-order chi connectivity index (χ0) is 14.6. The number of carbonyl (C=O) groups is 1. The molecule has 1 aliphatic rings. The third kappa shape index (κ3) is 1.57. The summed E-state index contributed by atoms with van der Waals surface area (Å²) in [5.41, 5.74) is 5.57. The molecule has 2 aromatic carbocycles. The van der Waals surface area contributed by atoms with Gasteiger partial charge in [0, 0.05) is 30.6 Å². The van der Waals surface area contributed by atoms with Crippen LogP contribution in [0.5, 0.6) is 0 Å². The molecule has 104 valence electrons. The molecule has 3 nitrogen and oxygen atoms in total. The van der Waals surface area contributed by atoms with Crippen LogP contribution in [0.1, 0.15) is 5.56 Å². The number of nitrogens with zero attached hydrogens (tertiary/aromatic N) is 2. The van der Waals surface area contributed by atoms with Gasteiger partial charge in [-0.15, -0.1) is 0 Å². The Morgan fingerprint density at radius 1 is 0.952 bits per heavy atom. The maximum atomic E-state index is 12.5. The van der Waals surface area contributed by atoms with Gasteiger partial charge in [0.25, 0.3) is 0 Å². The number of rotatable bonds is 0. The van der Waals surface area contributed by atoms with E-state index in [1.165, 1.54) is 10.9 Å². The molecule has 0 bridgehead atoms. The fraction of sp³-hybridized carbons (Fsp3) is 0.167. The van der Waals surface area contributed by atoms with E-state index in [2.05, 4.69) is 29.8 Å². The average molecular weight is 276 g/mol. The van der Waals surface area contributed by atoms with Crippen LogP contribution in [0.3, 0.4) is 0 Å². The Morgan fingerprint density at radius 2 is 1.67 bits per heavy atom. The number of likely N-dealkylation sites (N-methyl/N-ethyl adjacent to an activating group) is 1. The van der Waals surface area contributed by atoms with Gasteiger partial charge in [-0.3, -0.25) is 4.79 Å². The highest BCUT2D eigenvalue weighted by Crippen LogP contribution is 2.40. The van der Waals surface area contributed by atoms with Gasteiger partial charge in [-0.2, -0.15) is 0 Å². The number of aromatic nitrogens is 1. The van der Waals surface area contributed by atoms with Crippen LogP contribution in [0.15, 0.2) is 48.5 Å². The van der Waals surface area contributed by atoms with Crippen molar-refractivity contribution in [2.75, 3.05) is 11.9 Å². The second-order valence-corrected chi connectivity index (χ2v) is 5.55. The number of hydrogen-bond donors (Lipinski definition) is 0. The molecule has 0 atom stereocenters. The molecule has 3 heteroatoms. The molecular formula is C18H16N2O. The summed E-state index contributed by atoms with van der Waals surface area (Å²) in [6.45, 7) is 0. The Morgan fingerprint density at radius 3 is 2.52 bits per heavy atom. The van der Waals surface area contributed by atoms with E-state index >= 15 is 0 Å². The lowest BCUT2D eigenvalue weighted by Gasteiger charge is -2.18. The van der Waals surface area contributed by atoms with Gasteiger partial charge < -0.3 is 9.47 Å². The Bertz CT molecular complexity index is 876. The molecule has 0 radical (unpaired) electrons. The molecule has 0 spiro atoms. The first-order valence-corrected chi connectivity index (χ1v) is 7.10. The van der Waals surface area contributed by atoms with Crippen LogP contribution in [-0.2, 0) is 18.3 Å². The highest BCUT2D eigenvalue weighted by Gasteiger charge is 2.27. The van der Waals surface area contributed by atoms with Gasteiger partial charge in [-0.05, 0) is 17.7 Å². The standard InChI is InChI=1S/C18H16N2O/c1-19-16-10-6-4-8-13(16)18-14(11-17(19)21)12-7-3-5-9-15(12)20(18)2/h3-10H,11H2,1-2H3. The monoisotopic (exact) mass is 276 g/mol. The maximum absolute atomic E-state index is 12.5. The summed E-state index contributed by atoms with van der Waals surface area (Å²) in [7, 11) is 3.93. The molecule has 0 saturated heterocycles. The van der Waals surface area contributed by atoms with Gasteiger partial charge in [-0.25, -0.2) is 0 Å². The Hall–Kier alpha value is -2.55. The highest BCUT2D eigenvalue weighted by atomic mass is 16.2. The fourth-order valence-corrected chi connectivity index (χ4v) is 3.36. The number of benzene rings is 2. The molecule has 1 aromatic heterocycles. The molecule has 1 amide bonds. The third-order valence-electron chi connectivity index (χ3n) is 4.43. The lowest BCUT2D eigenvalue weighted by Crippen LogP contribution is -2.26. The maximum Gasteiger partial charge on any atom is 0.231 e. The average Bonchev–Trinajstić information content (AvgIpc) is 2.73. The predicted molar refractivity (Wildman–Crippen MR) is 85.5 cm³/mol. The molecule has 2 heterocycles. The van der Waals surface area contributed by atoms with Gasteiger partial charge in [0.15, 0.2) is 0 Å². The van der Waals surface area contributed by atoms with Crippen LogP contribution in [0.25, 0.3) is 22.2 Å². The van der Waals surface area contributed by atoms with Crippen molar-refractivity contribution in [2.45, 2.75) is 6.42 Å². The van der Waals surface area contributed by atoms with E-state index < -0.39 is 0 Å². The minimum atomic E-state index is 0.137. The summed E-state index contributed by atoms with van der Waals surface area (Å²) in [4.78, 5) is 14.3. The lowest BCUT2D eigenvalue weighted by atomic mass is 10.0. The zero-order valence-electron chi connectivity index (χ0n) is 12.1. The number of aryl methyl sites for hydroxylation is 1. The number of hydrogen-bond acceptors (Lipinski definition) is 1. The summed E-state index contributed by atoms with van der Waals surface area (Å²) >= 11 is 0. The van der Waals surface area contributed by atoms with Crippen LogP contribution in [0.4, 0.5) is 5.69 Å². The number of amides is 1. The summed E-state index contributed by atoms with van der Waals surface area (Å²) in [6.07, 6.45) is 0.446. The molecule has 3 aromatic rings. The molecule has 0 unspecified atom stereocenters. The van der Waals surface area contributed by atoms with E-state index in [1.54, 1.807) is 4.90 Å². The Labute approximate surface area is 123 Å². The van der Waals surface area contributed by atoms with Crippen LogP contribution in [0.2, 0.25) is 0 Å². The van der Waals surface area contributed by atoms with Crippen molar-refractivity contribution in [1.82, 2.24) is 4.57 Å². The van der Waals surface area contributed by atoms with Gasteiger partial charge in [0.05, 0.1) is 17.8 Å². The van der Waals surface area contributed by atoms with Crippen molar-refractivity contribution in [3.8, 4) is 11.3 Å². The summed E-state index contributed by atoms with van der Waals surface area (Å²) < 4.78 is 2.20. The van der Waals surface area contributed by atoms with Crippen molar-refractivity contribution in [1.29, 1.82) is 0 Å². The van der Waals surface area contributed by atoms with E-state index in [0.29, 0.717) is 6.42 Å². The molecule has 0 aliphatic carbocycles. The summed E-state index contributed by atoms with van der Waals surface area (Å²) in [6, 6.07) is 16.4. The first kappa shape index (κ1) is 12.2. The van der Waals surface area contributed by atoms with Gasteiger partial charge in [0.2, 0.25) is 5.91 Å². The number of carbonyl (C=O) groups excluding carboxylic acids is 1. The van der Waals surface area contributed by atoms with Gasteiger partial charge in [-0.1, -0.05) is 36.4 Å². The van der Waals surface area contributed by atoms with Crippen molar-refractivity contribution < 1.29 is 4.79 Å². The van der Waals surface area contributed by atoms with Crippen molar-refractivity contribution in [3.05, 3.63) is 54.1 Å². The van der Waals surface area contributed by atoms with Crippen molar-refractivity contribution >= 4 is 22.5 Å². The quantitative estimate of drug-likeness (QED) is 0.618. The molecular weight excluding hydrogens is 260 g/mol. The number of fused-ring (bicyclic) bond motifs is 5. The highest BCUT2D eigenvalue weighted by molar-refractivity contribution is 6.06. The minimum absolute atomic E-state index is 0.137. The third-order valence-corrected chi connectivity index (χ3v) is 4.43. The summed E-state index contributed by atoms with van der Waals surface area (Å²) in [5.74, 6) is 0.137. The minimum Gasteiger partial charge on any atom is -0.343 e.